The lowest BCUT2D eigenvalue weighted by molar-refractivity contribution is 0.222. The molecule has 0 aliphatic rings. The Kier molecular flexibility index (Phi) is 6.27. The first-order chi connectivity index (χ1) is 9.01. The van der Waals surface area contributed by atoms with E-state index in [0.717, 1.165) is 19.6 Å². The molecular weight excluding hydrogens is 244 g/mol. The predicted molar refractivity (Wildman–Crippen MR) is 76.8 cm³/mol. The summed E-state index contributed by atoms with van der Waals surface area (Å²) in [7, 11) is 4.04. The standard InChI is InChI=1S/C12H24N6O/c1-6-13-10-15-11(14-7-8-18(4)5)17-12(16-10)19-9(2)3/h9H,6-8H2,1-5H3,(H2,13,14,15,16,17). The van der Waals surface area contributed by atoms with Gasteiger partial charge in [-0.2, -0.15) is 15.0 Å². The molecule has 0 saturated carbocycles. The summed E-state index contributed by atoms with van der Waals surface area (Å²) >= 11 is 0. The van der Waals surface area contributed by atoms with E-state index in [4.69, 9.17) is 4.74 Å². The Labute approximate surface area is 114 Å². The van der Waals surface area contributed by atoms with Crippen LogP contribution in [0.25, 0.3) is 0 Å². The van der Waals surface area contributed by atoms with E-state index in [9.17, 15) is 0 Å². The number of hydrogen-bond donors (Lipinski definition) is 2. The first kappa shape index (κ1) is 15.4. The minimum atomic E-state index is 0.0338. The predicted octanol–water partition coefficient (Wildman–Crippen LogP) is 1.06. The van der Waals surface area contributed by atoms with E-state index in [1.54, 1.807) is 0 Å². The third-order valence-corrected chi connectivity index (χ3v) is 2.13. The Balaban J connectivity index is 2.74. The zero-order chi connectivity index (χ0) is 14.3. The molecule has 1 aromatic heterocycles. The van der Waals surface area contributed by atoms with Crippen molar-refractivity contribution in [2.45, 2.75) is 26.9 Å². The topological polar surface area (TPSA) is 75.2 Å². The number of ether oxygens (including phenoxy) is 1. The molecule has 0 amide bonds. The maximum Gasteiger partial charge on any atom is 0.323 e. The number of hydrogen-bond acceptors (Lipinski definition) is 7. The van der Waals surface area contributed by atoms with Gasteiger partial charge in [0.1, 0.15) is 0 Å². The van der Waals surface area contributed by atoms with Gasteiger partial charge in [-0.3, -0.25) is 0 Å². The Morgan fingerprint density at radius 2 is 1.74 bits per heavy atom. The summed E-state index contributed by atoms with van der Waals surface area (Å²) in [4.78, 5) is 14.8. The first-order valence-corrected chi connectivity index (χ1v) is 6.56. The normalized spacial score (nSPS) is 10.9. The van der Waals surface area contributed by atoms with Gasteiger partial charge in [0.05, 0.1) is 6.10 Å². The van der Waals surface area contributed by atoms with Crippen LogP contribution in [0.2, 0.25) is 0 Å². The summed E-state index contributed by atoms with van der Waals surface area (Å²) in [6.45, 7) is 8.30. The van der Waals surface area contributed by atoms with Gasteiger partial charge in [0, 0.05) is 19.6 Å². The van der Waals surface area contributed by atoms with E-state index >= 15 is 0 Å². The molecule has 0 unspecified atom stereocenters. The molecule has 0 bridgehead atoms. The van der Waals surface area contributed by atoms with Crippen molar-refractivity contribution in [3.05, 3.63) is 0 Å². The average Bonchev–Trinajstić information content (AvgIpc) is 2.27. The summed E-state index contributed by atoms with van der Waals surface area (Å²) in [6, 6.07) is 0.341. The smallest absolute Gasteiger partial charge is 0.323 e. The molecule has 0 atom stereocenters. The fraction of sp³-hybridized carbons (Fsp3) is 0.750. The lowest BCUT2D eigenvalue weighted by atomic mass is 10.5. The summed E-state index contributed by atoms with van der Waals surface area (Å²) in [5.74, 6) is 1.06. The van der Waals surface area contributed by atoms with Crippen molar-refractivity contribution < 1.29 is 4.74 Å². The van der Waals surface area contributed by atoms with Crippen molar-refractivity contribution in [3.8, 4) is 6.01 Å². The van der Waals surface area contributed by atoms with Gasteiger partial charge < -0.3 is 20.3 Å². The minimum Gasteiger partial charge on any atom is -0.461 e. The maximum absolute atomic E-state index is 5.52. The van der Waals surface area contributed by atoms with E-state index in [2.05, 4.69) is 30.5 Å². The van der Waals surface area contributed by atoms with Crippen LogP contribution < -0.4 is 15.4 Å². The molecule has 19 heavy (non-hydrogen) atoms. The summed E-state index contributed by atoms with van der Waals surface area (Å²) < 4.78 is 5.52. The Morgan fingerprint density at radius 1 is 1.11 bits per heavy atom. The molecule has 0 fully saturated rings. The zero-order valence-corrected chi connectivity index (χ0v) is 12.4. The van der Waals surface area contributed by atoms with E-state index in [-0.39, 0.29) is 6.10 Å². The van der Waals surface area contributed by atoms with Gasteiger partial charge in [0.15, 0.2) is 0 Å². The number of nitrogens with zero attached hydrogens (tertiary/aromatic N) is 4. The van der Waals surface area contributed by atoms with Crippen LogP contribution in [-0.4, -0.2) is 59.7 Å². The van der Waals surface area contributed by atoms with Crippen molar-refractivity contribution in [3.63, 3.8) is 0 Å². The van der Waals surface area contributed by atoms with Gasteiger partial charge in [-0.15, -0.1) is 0 Å². The van der Waals surface area contributed by atoms with Crippen LogP contribution in [0.15, 0.2) is 0 Å². The van der Waals surface area contributed by atoms with E-state index in [1.807, 2.05) is 34.9 Å². The molecular formula is C12H24N6O. The molecule has 2 N–H and O–H groups in total. The third kappa shape index (κ3) is 6.19. The fourth-order valence-corrected chi connectivity index (χ4v) is 1.33. The molecule has 1 heterocycles. The molecule has 0 aromatic carbocycles. The fourth-order valence-electron chi connectivity index (χ4n) is 1.33. The van der Waals surface area contributed by atoms with Gasteiger partial charge in [-0.1, -0.05) is 0 Å². The number of rotatable bonds is 8. The van der Waals surface area contributed by atoms with Crippen LogP contribution in [0.1, 0.15) is 20.8 Å². The van der Waals surface area contributed by atoms with Crippen molar-refractivity contribution in [2.75, 3.05) is 44.4 Å². The van der Waals surface area contributed by atoms with Crippen LogP contribution in [-0.2, 0) is 0 Å². The van der Waals surface area contributed by atoms with Gasteiger partial charge in [-0.25, -0.2) is 0 Å². The highest BCUT2D eigenvalue weighted by Gasteiger charge is 2.08. The lowest BCUT2D eigenvalue weighted by Crippen LogP contribution is -2.22. The first-order valence-electron chi connectivity index (χ1n) is 6.56. The molecule has 0 aliphatic carbocycles. The second-order valence-corrected chi connectivity index (χ2v) is 4.69. The summed E-state index contributed by atoms with van der Waals surface area (Å²) in [5, 5.41) is 6.23. The van der Waals surface area contributed by atoms with Crippen molar-refractivity contribution in [2.24, 2.45) is 0 Å². The maximum atomic E-state index is 5.52. The molecule has 0 aliphatic heterocycles. The SMILES string of the molecule is CCNc1nc(NCCN(C)C)nc(OC(C)C)n1. The second kappa shape index (κ2) is 7.73. The minimum absolute atomic E-state index is 0.0338. The molecule has 108 valence electrons. The quantitative estimate of drug-likeness (QED) is 0.730. The summed E-state index contributed by atoms with van der Waals surface area (Å²) in [6.07, 6.45) is 0.0338. The van der Waals surface area contributed by atoms with Crippen molar-refractivity contribution >= 4 is 11.9 Å². The number of aromatic nitrogens is 3. The van der Waals surface area contributed by atoms with Crippen molar-refractivity contribution in [1.82, 2.24) is 19.9 Å². The van der Waals surface area contributed by atoms with Crippen LogP contribution in [0, 0.1) is 0 Å². The number of anilines is 2. The van der Waals surface area contributed by atoms with Gasteiger partial charge in [-0.05, 0) is 34.9 Å². The molecule has 1 rings (SSSR count). The molecule has 7 heteroatoms. The van der Waals surface area contributed by atoms with E-state index in [0.29, 0.717) is 17.9 Å². The van der Waals surface area contributed by atoms with Gasteiger partial charge in [0.2, 0.25) is 11.9 Å². The highest BCUT2D eigenvalue weighted by Crippen LogP contribution is 2.12. The molecule has 1 aromatic rings. The molecule has 0 radical (unpaired) electrons. The lowest BCUT2D eigenvalue weighted by Gasteiger charge is -2.13. The number of likely N-dealkylation sites (N-methyl/N-ethyl adjacent to an activating group) is 1. The largest absolute Gasteiger partial charge is 0.461 e. The van der Waals surface area contributed by atoms with Crippen LogP contribution in [0.3, 0.4) is 0 Å². The average molecular weight is 268 g/mol. The molecule has 0 spiro atoms. The van der Waals surface area contributed by atoms with Gasteiger partial charge >= 0.3 is 6.01 Å². The Bertz CT molecular complexity index is 382. The van der Waals surface area contributed by atoms with E-state index in [1.165, 1.54) is 0 Å². The van der Waals surface area contributed by atoms with Crippen molar-refractivity contribution in [1.29, 1.82) is 0 Å². The highest BCUT2D eigenvalue weighted by molar-refractivity contribution is 5.35. The zero-order valence-electron chi connectivity index (χ0n) is 12.4. The van der Waals surface area contributed by atoms with Crippen LogP contribution in [0.5, 0.6) is 6.01 Å². The third-order valence-electron chi connectivity index (χ3n) is 2.13. The second-order valence-electron chi connectivity index (χ2n) is 4.69. The summed E-state index contributed by atoms with van der Waals surface area (Å²) in [5.41, 5.74) is 0. The monoisotopic (exact) mass is 268 g/mol. The number of nitrogens with one attached hydrogen (secondary N) is 2. The molecule has 7 nitrogen and oxygen atoms in total. The Morgan fingerprint density at radius 3 is 2.26 bits per heavy atom. The molecule has 0 saturated heterocycles. The van der Waals surface area contributed by atoms with E-state index < -0.39 is 0 Å². The van der Waals surface area contributed by atoms with Gasteiger partial charge in [0.25, 0.3) is 0 Å². The van der Waals surface area contributed by atoms with Crippen LogP contribution >= 0.6 is 0 Å². The highest BCUT2D eigenvalue weighted by atomic mass is 16.5. The Hall–Kier alpha value is -1.63. The van der Waals surface area contributed by atoms with Crippen LogP contribution in [0.4, 0.5) is 11.9 Å².